The standard InChI is InChI=1S/C20H24N6O7S.C2HF3O2/c1-10-18(11(2)32-24-10)34(30,31)26-16(20(28)29)9-23-17(27)8-14-7-15(25-33-14)12-3-5-13(6-4-12)19(21)22;3-2(4,5)1(6)7/h3-6,14,16,26H,7-9H2,1-2H3,(H3,21,22)(H,23,27)(H,28,29);(H,6,7)/t14?,16-;/m0./s1. The van der Waals surface area contributed by atoms with E-state index < -0.39 is 52.7 Å². The average Bonchev–Trinajstić information content (AvgIpc) is 3.47. The molecule has 1 unspecified atom stereocenters. The molecule has 1 aliphatic rings. The van der Waals surface area contributed by atoms with Gasteiger partial charge in [-0.15, -0.1) is 0 Å². The Hall–Kier alpha value is -4.52. The second-order valence-electron chi connectivity index (χ2n) is 8.44. The number of nitrogens with zero attached hydrogens (tertiary/aromatic N) is 2. The van der Waals surface area contributed by atoms with E-state index in [4.69, 9.17) is 30.4 Å². The van der Waals surface area contributed by atoms with Crippen molar-refractivity contribution in [3.8, 4) is 0 Å². The lowest BCUT2D eigenvalue weighted by Crippen LogP contribution is -2.48. The molecule has 0 fully saturated rings. The van der Waals surface area contributed by atoms with E-state index in [0.717, 1.165) is 5.56 Å². The first-order chi connectivity index (χ1) is 18.9. The minimum absolute atomic E-state index is 0.0169. The van der Waals surface area contributed by atoms with E-state index in [1.807, 2.05) is 4.72 Å². The van der Waals surface area contributed by atoms with Crippen molar-refractivity contribution in [1.82, 2.24) is 15.2 Å². The van der Waals surface area contributed by atoms with E-state index in [9.17, 15) is 36.3 Å². The minimum Gasteiger partial charge on any atom is -0.480 e. The molecule has 1 aliphatic heterocycles. The maximum absolute atomic E-state index is 12.6. The number of aromatic nitrogens is 1. The van der Waals surface area contributed by atoms with Crippen LogP contribution in [0.25, 0.3) is 0 Å². The molecule has 0 saturated carbocycles. The van der Waals surface area contributed by atoms with Gasteiger partial charge in [0.05, 0.1) is 12.1 Å². The molecule has 1 aromatic heterocycles. The minimum atomic E-state index is -5.08. The quantitative estimate of drug-likeness (QED) is 0.162. The van der Waals surface area contributed by atoms with Crippen LogP contribution in [0.1, 0.15) is 35.4 Å². The molecule has 2 aromatic rings. The molecule has 0 spiro atoms. The van der Waals surface area contributed by atoms with Crippen LogP contribution in [0.2, 0.25) is 0 Å². The molecule has 41 heavy (non-hydrogen) atoms. The van der Waals surface area contributed by atoms with Gasteiger partial charge in [-0.1, -0.05) is 34.6 Å². The van der Waals surface area contributed by atoms with E-state index in [0.29, 0.717) is 17.7 Å². The number of amides is 1. The zero-order valence-electron chi connectivity index (χ0n) is 21.4. The Morgan fingerprint density at radius 3 is 2.24 bits per heavy atom. The van der Waals surface area contributed by atoms with Crippen LogP contribution in [0.4, 0.5) is 13.2 Å². The molecular formula is C22H25F3N6O9S. The number of aliphatic carboxylic acids is 2. The summed E-state index contributed by atoms with van der Waals surface area (Å²) in [6, 6.07) is 5.22. The lowest BCUT2D eigenvalue weighted by atomic mass is 10.0. The summed E-state index contributed by atoms with van der Waals surface area (Å²) < 4.78 is 63.7. The molecule has 15 nitrogen and oxygen atoms in total. The summed E-state index contributed by atoms with van der Waals surface area (Å²) in [4.78, 5) is 37.8. The smallest absolute Gasteiger partial charge is 0.480 e. The lowest BCUT2D eigenvalue weighted by Gasteiger charge is -2.16. The SMILES string of the molecule is Cc1noc(C)c1S(=O)(=O)N[C@@H](CNC(=O)CC1CC(c2ccc(C(=N)N)cc2)=NO1)C(=O)O.O=C(O)C(F)(F)F. The highest BCUT2D eigenvalue weighted by Crippen LogP contribution is 2.20. The van der Waals surface area contributed by atoms with Gasteiger partial charge in [-0.25, -0.2) is 13.2 Å². The second kappa shape index (κ2) is 13.2. The number of carboxylic acids is 2. The number of benzene rings is 1. The van der Waals surface area contributed by atoms with Crippen molar-refractivity contribution in [2.75, 3.05) is 6.54 Å². The van der Waals surface area contributed by atoms with Crippen molar-refractivity contribution >= 4 is 39.4 Å². The van der Waals surface area contributed by atoms with Crippen LogP contribution < -0.4 is 15.8 Å². The van der Waals surface area contributed by atoms with Crippen molar-refractivity contribution in [3.63, 3.8) is 0 Å². The van der Waals surface area contributed by atoms with E-state index in [1.54, 1.807) is 24.3 Å². The van der Waals surface area contributed by atoms with Crippen LogP contribution in [-0.4, -0.2) is 78.0 Å². The monoisotopic (exact) mass is 606 g/mol. The number of sulfonamides is 1. The van der Waals surface area contributed by atoms with Gasteiger partial charge >= 0.3 is 18.1 Å². The molecule has 19 heteroatoms. The number of rotatable bonds is 10. The third-order valence-corrected chi connectivity index (χ3v) is 6.97. The molecule has 2 atom stereocenters. The normalized spacial score (nSPS) is 15.5. The van der Waals surface area contributed by atoms with Crippen LogP contribution in [0.15, 0.2) is 38.8 Å². The lowest BCUT2D eigenvalue weighted by molar-refractivity contribution is -0.192. The van der Waals surface area contributed by atoms with E-state index in [2.05, 4.69) is 15.6 Å². The number of nitrogen functional groups attached to an aromatic ring is 1. The van der Waals surface area contributed by atoms with Gasteiger partial charge in [0.25, 0.3) is 0 Å². The van der Waals surface area contributed by atoms with Crippen LogP contribution in [0.3, 0.4) is 0 Å². The number of oxime groups is 1. The largest absolute Gasteiger partial charge is 0.490 e. The number of carboxylic acid groups (broad SMARTS) is 2. The predicted molar refractivity (Wildman–Crippen MR) is 133 cm³/mol. The molecular weight excluding hydrogens is 581 g/mol. The molecule has 3 rings (SSSR count). The second-order valence-corrected chi connectivity index (χ2v) is 10.1. The molecule has 7 N–H and O–H groups in total. The summed E-state index contributed by atoms with van der Waals surface area (Å²) in [5, 5.41) is 33.9. The van der Waals surface area contributed by atoms with Crippen molar-refractivity contribution in [2.45, 2.75) is 49.9 Å². The van der Waals surface area contributed by atoms with Crippen molar-refractivity contribution in [2.24, 2.45) is 10.9 Å². The fraction of sp³-hybridized carbons (Fsp3) is 0.364. The highest BCUT2D eigenvalue weighted by atomic mass is 32.2. The zero-order valence-corrected chi connectivity index (χ0v) is 22.2. The first-order valence-corrected chi connectivity index (χ1v) is 12.8. The Morgan fingerprint density at radius 1 is 1.20 bits per heavy atom. The third kappa shape index (κ3) is 9.28. The zero-order chi connectivity index (χ0) is 31.1. The van der Waals surface area contributed by atoms with Gasteiger partial charge in [-0.3, -0.25) is 15.0 Å². The third-order valence-electron chi connectivity index (χ3n) is 5.25. The number of aryl methyl sites for hydroxylation is 2. The summed E-state index contributed by atoms with van der Waals surface area (Å²) in [5.74, 6) is -4.79. The van der Waals surface area contributed by atoms with E-state index in [1.165, 1.54) is 13.8 Å². The van der Waals surface area contributed by atoms with Gasteiger partial charge in [-0.05, 0) is 19.4 Å². The fourth-order valence-electron chi connectivity index (χ4n) is 3.33. The number of hydrogen-bond donors (Lipinski definition) is 6. The first-order valence-electron chi connectivity index (χ1n) is 11.3. The van der Waals surface area contributed by atoms with Crippen LogP contribution >= 0.6 is 0 Å². The number of alkyl halides is 3. The molecule has 0 aliphatic carbocycles. The summed E-state index contributed by atoms with van der Waals surface area (Å²) in [7, 11) is -4.24. The number of carbonyl (C=O) groups is 3. The molecule has 1 aromatic carbocycles. The number of nitrogens with one attached hydrogen (secondary N) is 3. The summed E-state index contributed by atoms with van der Waals surface area (Å²) in [6.07, 6.45) is -5.42. The fourth-order valence-corrected chi connectivity index (χ4v) is 4.85. The Balaban J connectivity index is 0.000000745. The van der Waals surface area contributed by atoms with E-state index >= 15 is 0 Å². The highest BCUT2D eigenvalue weighted by molar-refractivity contribution is 7.89. The molecule has 2 heterocycles. The summed E-state index contributed by atoms with van der Waals surface area (Å²) >= 11 is 0. The Morgan fingerprint density at radius 2 is 1.78 bits per heavy atom. The van der Waals surface area contributed by atoms with Gasteiger partial charge in [0, 0.05) is 18.5 Å². The van der Waals surface area contributed by atoms with Crippen molar-refractivity contribution < 1.29 is 55.5 Å². The summed E-state index contributed by atoms with van der Waals surface area (Å²) in [6.45, 7) is 2.32. The Labute approximate surface area is 230 Å². The maximum atomic E-state index is 12.6. The van der Waals surface area contributed by atoms with E-state index in [-0.39, 0.29) is 28.6 Å². The van der Waals surface area contributed by atoms with Gasteiger partial charge in [0.1, 0.15) is 28.6 Å². The molecule has 1 amide bonds. The molecule has 0 saturated heterocycles. The highest BCUT2D eigenvalue weighted by Gasteiger charge is 2.38. The van der Waals surface area contributed by atoms with Gasteiger partial charge in [-0.2, -0.15) is 17.9 Å². The van der Waals surface area contributed by atoms with Crippen molar-refractivity contribution in [1.29, 1.82) is 5.41 Å². The average molecular weight is 607 g/mol. The number of halogens is 3. The topological polar surface area (TPSA) is 247 Å². The van der Waals surface area contributed by atoms with Gasteiger partial charge in [0.2, 0.25) is 15.9 Å². The summed E-state index contributed by atoms with van der Waals surface area (Å²) in [5.41, 5.74) is 7.46. The number of hydrogen-bond acceptors (Lipinski definition) is 10. The number of amidine groups is 1. The van der Waals surface area contributed by atoms with Crippen LogP contribution in [0, 0.1) is 19.3 Å². The molecule has 0 radical (unpaired) electrons. The Bertz CT molecular complexity index is 1420. The van der Waals surface area contributed by atoms with Gasteiger partial charge in [0.15, 0.2) is 5.76 Å². The Kier molecular flexibility index (Phi) is 10.5. The van der Waals surface area contributed by atoms with Crippen molar-refractivity contribution in [3.05, 3.63) is 46.8 Å². The molecule has 224 valence electrons. The predicted octanol–water partition coefficient (Wildman–Crippen LogP) is 0.640. The van der Waals surface area contributed by atoms with Crippen LogP contribution in [-0.2, 0) is 29.2 Å². The molecule has 0 bridgehead atoms. The number of nitrogens with two attached hydrogens (primary N) is 1. The first kappa shape index (κ1) is 32.7. The van der Waals surface area contributed by atoms with Gasteiger partial charge < -0.3 is 30.6 Å². The number of carbonyl (C=O) groups excluding carboxylic acids is 1. The van der Waals surface area contributed by atoms with Crippen LogP contribution in [0.5, 0.6) is 0 Å². The maximum Gasteiger partial charge on any atom is 0.490 e.